The zero-order chi connectivity index (χ0) is 14.0. The first-order chi connectivity index (χ1) is 8.16. The number of carbonyl (C=O) groups excluding carboxylic acids is 1. The Morgan fingerprint density at radius 3 is 2.33 bits per heavy atom. The van der Waals surface area contributed by atoms with E-state index in [0.29, 0.717) is 0 Å². The minimum atomic E-state index is -4.49. The number of rotatable bonds is 3. The first-order valence-corrected chi connectivity index (χ1v) is 5.06. The Kier molecular flexibility index (Phi) is 3.95. The van der Waals surface area contributed by atoms with Gasteiger partial charge in [0.2, 0.25) is 0 Å². The summed E-state index contributed by atoms with van der Waals surface area (Å²) < 4.78 is 41.7. The van der Waals surface area contributed by atoms with Gasteiger partial charge in [0, 0.05) is 7.11 Å². The lowest BCUT2D eigenvalue weighted by atomic mass is 10.1. The number of halogens is 3. The van der Waals surface area contributed by atoms with Gasteiger partial charge in [0.25, 0.3) is 5.91 Å². The van der Waals surface area contributed by atoms with E-state index in [1.807, 2.05) is 0 Å². The highest BCUT2D eigenvalue weighted by Crippen LogP contribution is 2.27. The third-order valence-corrected chi connectivity index (χ3v) is 2.37. The molecule has 0 aliphatic rings. The van der Waals surface area contributed by atoms with E-state index in [2.05, 4.69) is 10.3 Å². The number of methoxy groups -OCH3 is 1. The standard InChI is InChI=1S/C11H13F3N2O2/c1-10(2,18-3)9(17)16-7-4-5-8(15-6-7)11(12,13)14/h4-6H,1-3H3,(H,16,17). The van der Waals surface area contributed by atoms with Crippen molar-refractivity contribution in [3.8, 4) is 0 Å². The van der Waals surface area contributed by atoms with Gasteiger partial charge in [-0.25, -0.2) is 4.98 Å². The molecular weight excluding hydrogens is 249 g/mol. The molecule has 0 spiro atoms. The topological polar surface area (TPSA) is 51.2 Å². The van der Waals surface area contributed by atoms with Gasteiger partial charge in [0.1, 0.15) is 11.3 Å². The number of ether oxygens (including phenoxy) is 1. The molecule has 0 aliphatic carbocycles. The van der Waals surface area contributed by atoms with Crippen LogP contribution >= 0.6 is 0 Å². The molecule has 0 unspecified atom stereocenters. The summed E-state index contributed by atoms with van der Waals surface area (Å²) in [6.45, 7) is 3.08. The molecule has 1 aromatic rings. The molecule has 0 bridgehead atoms. The number of hydrogen-bond donors (Lipinski definition) is 1. The van der Waals surface area contributed by atoms with Crippen molar-refractivity contribution in [2.24, 2.45) is 0 Å². The molecule has 0 radical (unpaired) electrons. The largest absolute Gasteiger partial charge is 0.433 e. The molecule has 0 aliphatic heterocycles. The molecule has 1 N–H and O–H groups in total. The van der Waals surface area contributed by atoms with Gasteiger partial charge >= 0.3 is 6.18 Å². The van der Waals surface area contributed by atoms with Crippen molar-refractivity contribution in [1.82, 2.24) is 4.98 Å². The summed E-state index contributed by atoms with van der Waals surface area (Å²) in [5, 5.41) is 2.42. The normalized spacial score (nSPS) is 12.3. The Hall–Kier alpha value is -1.63. The number of hydrogen-bond acceptors (Lipinski definition) is 3. The Bertz CT molecular complexity index is 427. The lowest BCUT2D eigenvalue weighted by molar-refractivity contribution is -0.141. The summed E-state index contributed by atoms with van der Waals surface area (Å²) in [7, 11) is 1.37. The van der Waals surface area contributed by atoms with Crippen LogP contribution in [-0.2, 0) is 15.7 Å². The molecular formula is C11H13F3N2O2. The third-order valence-electron chi connectivity index (χ3n) is 2.37. The van der Waals surface area contributed by atoms with Crippen molar-refractivity contribution in [3.63, 3.8) is 0 Å². The van der Waals surface area contributed by atoms with E-state index in [0.717, 1.165) is 18.3 Å². The fourth-order valence-electron chi connectivity index (χ4n) is 1.01. The van der Waals surface area contributed by atoms with Crippen LogP contribution in [0.2, 0.25) is 0 Å². The number of pyridine rings is 1. The highest BCUT2D eigenvalue weighted by Gasteiger charge is 2.32. The summed E-state index contributed by atoms with van der Waals surface area (Å²) >= 11 is 0. The SMILES string of the molecule is COC(C)(C)C(=O)Nc1ccc(C(F)(F)F)nc1. The van der Waals surface area contributed by atoms with Crippen LogP contribution in [0.3, 0.4) is 0 Å². The second kappa shape index (κ2) is 4.93. The van der Waals surface area contributed by atoms with Crippen LogP contribution in [0.5, 0.6) is 0 Å². The highest BCUT2D eigenvalue weighted by atomic mass is 19.4. The van der Waals surface area contributed by atoms with E-state index < -0.39 is 23.4 Å². The van der Waals surface area contributed by atoms with Gasteiger partial charge in [-0.05, 0) is 26.0 Å². The van der Waals surface area contributed by atoms with Crippen LogP contribution in [0, 0.1) is 0 Å². The monoisotopic (exact) mass is 262 g/mol. The van der Waals surface area contributed by atoms with Gasteiger partial charge in [-0.3, -0.25) is 4.79 Å². The lowest BCUT2D eigenvalue weighted by Gasteiger charge is -2.21. The van der Waals surface area contributed by atoms with Crippen LogP contribution in [-0.4, -0.2) is 23.6 Å². The molecule has 1 amide bonds. The van der Waals surface area contributed by atoms with Crippen molar-refractivity contribution in [1.29, 1.82) is 0 Å². The van der Waals surface area contributed by atoms with Crippen molar-refractivity contribution in [2.45, 2.75) is 25.6 Å². The fourth-order valence-corrected chi connectivity index (χ4v) is 1.01. The smallest absolute Gasteiger partial charge is 0.369 e. The molecule has 1 rings (SSSR count). The zero-order valence-electron chi connectivity index (χ0n) is 10.1. The second-order valence-electron chi connectivity index (χ2n) is 4.10. The van der Waals surface area contributed by atoms with E-state index in [4.69, 9.17) is 4.74 Å². The molecule has 1 aromatic heterocycles. The average Bonchev–Trinajstić information content (AvgIpc) is 2.28. The molecule has 0 aromatic carbocycles. The fraction of sp³-hybridized carbons (Fsp3) is 0.455. The van der Waals surface area contributed by atoms with E-state index in [1.165, 1.54) is 7.11 Å². The molecule has 0 saturated heterocycles. The predicted octanol–water partition coefficient (Wildman–Crippen LogP) is 2.46. The quantitative estimate of drug-likeness (QED) is 0.910. The van der Waals surface area contributed by atoms with Crippen LogP contribution in [0.1, 0.15) is 19.5 Å². The molecule has 1 heterocycles. The van der Waals surface area contributed by atoms with Crippen LogP contribution in [0.4, 0.5) is 18.9 Å². The van der Waals surface area contributed by atoms with E-state index in [9.17, 15) is 18.0 Å². The van der Waals surface area contributed by atoms with E-state index in [1.54, 1.807) is 13.8 Å². The van der Waals surface area contributed by atoms with Gasteiger partial charge in [-0.15, -0.1) is 0 Å². The highest BCUT2D eigenvalue weighted by molar-refractivity contribution is 5.96. The van der Waals surface area contributed by atoms with E-state index >= 15 is 0 Å². The first kappa shape index (κ1) is 14.4. The maximum Gasteiger partial charge on any atom is 0.433 e. The number of alkyl halides is 3. The number of nitrogens with zero attached hydrogens (tertiary/aromatic N) is 1. The Labute approximate surface area is 102 Å². The summed E-state index contributed by atoms with van der Waals surface area (Å²) in [5.74, 6) is -0.466. The zero-order valence-corrected chi connectivity index (χ0v) is 10.1. The maximum atomic E-state index is 12.3. The van der Waals surface area contributed by atoms with Crippen molar-refractivity contribution in [3.05, 3.63) is 24.0 Å². The number of aromatic nitrogens is 1. The number of nitrogens with one attached hydrogen (secondary N) is 1. The van der Waals surface area contributed by atoms with Crippen molar-refractivity contribution >= 4 is 11.6 Å². The van der Waals surface area contributed by atoms with Gasteiger partial charge < -0.3 is 10.1 Å². The molecule has 4 nitrogen and oxygen atoms in total. The minimum absolute atomic E-state index is 0.179. The van der Waals surface area contributed by atoms with Gasteiger partial charge in [0.15, 0.2) is 0 Å². The number of amides is 1. The summed E-state index contributed by atoms with van der Waals surface area (Å²) in [4.78, 5) is 14.9. The lowest BCUT2D eigenvalue weighted by Crippen LogP contribution is -2.38. The molecule has 0 atom stereocenters. The Morgan fingerprint density at radius 1 is 1.33 bits per heavy atom. The maximum absolute atomic E-state index is 12.3. The van der Waals surface area contributed by atoms with Crippen LogP contribution in [0.25, 0.3) is 0 Å². The first-order valence-electron chi connectivity index (χ1n) is 5.06. The molecule has 7 heteroatoms. The van der Waals surface area contributed by atoms with Crippen LogP contribution < -0.4 is 5.32 Å². The van der Waals surface area contributed by atoms with Gasteiger partial charge in [-0.1, -0.05) is 0 Å². The minimum Gasteiger partial charge on any atom is -0.369 e. The van der Waals surface area contributed by atoms with Crippen LogP contribution in [0.15, 0.2) is 18.3 Å². The van der Waals surface area contributed by atoms with Crippen molar-refractivity contribution in [2.75, 3.05) is 12.4 Å². The summed E-state index contributed by atoms with van der Waals surface area (Å²) in [6, 6.07) is 1.94. The summed E-state index contributed by atoms with van der Waals surface area (Å²) in [6.07, 6.45) is -3.54. The predicted molar refractivity (Wildman–Crippen MR) is 59.0 cm³/mol. The molecule has 0 fully saturated rings. The molecule has 0 saturated carbocycles. The second-order valence-corrected chi connectivity index (χ2v) is 4.10. The molecule has 100 valence electrons. The average molecular weight is 262 g/mol. The van der Waals surface area contributed by atoms with Gasteiger partial charge in [0.05, 0.1) is 11.9 Å². The third kappa shape index (κ3) is 3.43. The summed E-state index contributed by atoms with van der Waals surface area (Å²) in [5.41, 5.74) is -1.90. The Balaban J connectivity index is 2.79. The van der Waals surface area contributed by atoms with E-state index in [-0.39, 0.29) is 5.69 Å². The molecule has 18 heavy (non-hydrogen) atoms. The van der Waals surface area contributed by atoms with Crippen molar-refractivity contribution < 1.29 is 22.7 Å². The van der Waals surface area contributed by atoms with Gasteiger partial charge in [-0.2, -0.15) is 13.2 Å². The Morgan fingerprint density at radius 2 is 1.94 bits per heavy atom. The number of anilines is 1. The number of carbonyl (C=O) groups is 1.